The number of carboxylic acids is 1. The number of hydrogen-bond donors (Lipinski definition) is 0. The van der Waals surface area contributed by atoms with Gasteiger partial charge in [0.2, 0.25) is 0 Å². The monoisotopic (exact) mass is 364 g/mol. The van der Waals surface area contributed by atoms with Gasteiger partial charge >= 0.3 is 5.97 Å². The van der Waals surface area contributed by atoms with E-state index in [9.17, 15) is 19.5 Å². The van der Waals surface area contributed by atoms with E-state index in [0.29, 0.717) is 12.0 Å². The Bertz CT molecular complexity index is 729. The minimum atomic E-state index is -1.33. The number of esters is 1. The molecule has 1 saturated heterocycles. The zero-order valence-corrected chi connectivity index (χ0v) is 14.4. The van der Waals surface area contributed by atoms with Gasteiger partial charge in [-0.05, 0) is 18.1 Å². The predicted molar refractivity (Wildman–Crippen MR) is 91.9 cm³/mol. The molecule has 1 aliphatic rings. The molecule has 2 rings (SSSR count). The Labute approximate surface area is 148 Å². The van der Waals surface area contributed by atoms with Gasteiger partial charge in [0.05, 0.1) is 17.5 Å². The van der Waals surface area contributed by atoms with Crippen molar-refractivity contribution in [3.8, 4) is 0 Å². The molecule has 1 heterocycles. The molecule has 0 saturated carbocycles. The number of rotatable bonds is 6. The molecule has 0 unspecified atom stereocenters. The van der Waals surface area contributed by atoms with E-state index in [1.54, 1.807) is 18.2 Å². The van der Waals surface area contributed by atoms with Crippen molar-refractivity contribution in [1.29, 1.82) is 0 Å². The summed E-state index contributed by atoms with van der Waals surface area (Å²) < 4.78 is 5.17. The second-order valence-corrected chi connectivity index (χ2v) is 6.54. The molecule has 0 N–H and O–H groups in total. The van der Waals surface area contributed by atoms with Crippen molar-refractivity contribution in [2.75, 3.05) is 13.2 Å². The van der Waals surface area contributed by atoms with Crippen LogP contribution in [0.15, 0.2) is 29.2 Å². The summed E-state index contributed by atoms with van der Waals surface area (Å²) in [7, 11) is 0. The van der Waals surface area contributed by atoms with Crippen molar-refractivity contribution >= 4 is 52.2 Å². The van der Waals surface area contributed by atoms with E-state index in [4.69, 9.17) is 17.0 Å². The third kappa shape index (κ3) is 4.21. The van der Waals surface area contributed by atoms with Crippen molar-refractivity contribution in [2.24, 2.45) is 0 Å². The number of thioether (sulfide) groups is 1. The second-order valence-electron chi connectivity index (χ2n) is 4.86. The number of amides is 1. The van der Waals surface area contributed by atoms with E-state index in [1.165, 1.54) is 12.1 Å². The molecule has 0 atom stereocenters. The molecule has 6 nitrogen and oxygen atoms in total. The highest BCUT2D eigenvalue weighted by Gasteiger charge is 2.33. The summed E-state index contributed by atoms with van der Waals surface area (Å²) in [6.07, 6.45) is 2.12. The molecule has 0 aromatic heterocycles. The number of benzene rings is 1. The quantitative estimate of drug-likeness (QED) is 0.426. The average Bonchev–Trinajstić information content (AvgIpc) is 2.81. The van der Waals surface area contributed by atoms with Gasteiger partial charge in [0, 0.05) is 5.56 Å². The van der Waals surface area contributed by atoms with Gasteiger partial charge in [0.1, 0.15) is 10.9 Å². The molecular formula is C16H14NO5S2-. The first kappa shape index (κ1) is 18.2. The SMILES string of the molecule is CCCOC(=O)CN1C(=O)C(=Cc2ccccc2C(=O)[O-])SC1=S. The molecular weight excluding hydrogens is 350 g/mol. The fourth-order valence-corrected chi connectivity index (χ4v) is 3.22. The van der Waals surface area contributed by atoms with Crippen LogP contribution in [0.3, 0.4) is 0 Å². The van der Waals surface area contributed by atoms with Gasteiger partial charge in [-0.1, -0.05) is 55.2 Å². The Hall–Kier alpha value is -2.19. The maximum atomic E-state index is 12.4. The number of ether oxygens (including phenoxy) is 1. The lowest BCUT2D eigenvalue weighted by molar-refractivity contribution is -0.255. The van der Waals surface area contributed by atoms with E-state index in [1.807, 2.05) is 6.92 Å². The Kier molecular flexibility index (Phi) is 6.10. The van der Waals surface area contributed by atoms with Crippen molar-refractivity contribution < 1.29 is 24.2 Å². The fourth-order valence-electron chi connectivity index (χ4n) is 1.98. The number of carboxylic acid groups (broad SMARTS) is 1. The summed E-state index contributed by atoms with van der Waals surface area (Å²) in [5.41, 5.74) is 0.316. The molecule has 24 heavy (non-hydrogen) atoms. The summed E-state index contributed by atoms with van der Waals surface area (Å²) in [6.45, 7) is 1.89. The van der Waals surface area contributed by atoms with Crippen molar-refractivity contribution in [1.82, 2.24) is 4.90 Å². The summed E-state index contributed by atoms with van der Waals surface area (Å²) >= 11 is 6.13. The Morgan fingerprint density at radius 1 is 1.38 bits per heavy atom. The number of carbonyl (C=O) groups is 3. The number of nitrogens with zero attached hydrogens (tertiary/aromatic N) is 1. The molecule has 0 bridgehead atoms. The van der Waals surface area contributed by atoms with Crippen LogP contribution in [0.2, 0.25) is 0 Å². The van der Waals surface area contributed by atoms with Gasteiger partial charge < -0.3 is 14.6 Å². The van der Waals surface area contributed by atoms with Gasteiger partial charge in [0.15, 0.2) is 0 Å². The summed E-state index contributed by atoms with van der Waals surface area (Å²) in [6, 6.07) is 6.18. The van der Waals surface area contributed by atoms with E-state index in [2.05, 4.69) is 0 Å². The Balaban J connectivity index is 2.19. The maximum Gasteiger partial charge on any atom is 0.326 e. The number of hydrogen-bond acceptors (Lipinski definition) is 7. The fraction of sp³-hybridized carbons (Fsp3) is 0.250. The first-order chi connectivity index (χ1) is 11.4. The van der Waals surface area contributed by atoms with Crippen LogP contribution < -0.4 is 5.11 Å². The van der Waals surface area contributed by atoms with Crippen LogP contribution in [0.4, 0.5) is 0 Å². The van der Waals surface area contributed by atoms with Crippen LogP contribution in [0.5, 0.6) is 0 Å². The third-order valence-electron chi connectivity index (χ3n) is 3.10. The van der Waals surface area contributed by atoms with Gasteiger partial charge in [0.25, 0.3) is 5.91 Å². The smallest absolute Gasteiger partial charge is 0.326 e. The van der Waals surface area contributed by atoms with Crippen LogP contribution in [-0.2, 0) is 14.3 Å². The topological polar surface area (TPSA) is 86.7 Å². The van der Waals surface area contributed by atoms with Gasteiger partial charge in [-0.15, -0.1) is 0 Å². The molecule has 1 aromatic carbocycles. The molecule has 0 aliphatic carbocycles. The van der Waals surface area contributed by atoms with E-state index in [0.717, 1.165) is 16.7 Å². The van der Waals surface area contributed by atoms with E-state index >= 15 is 0 Å². The zero-order valence-electron chi connectivity index (χ0n) is 12.8. The van der Waals surface area contributed by atoms with Crippen molar-refractivity contribution in [2.45, 2.75) is 13.3 Å². The molecule has 1 aliphatic heterocycles. The van der Waals surface area contributed by atoms with Crippen LogP contribution in [0, 0.1) is 0 Å². The Morgan fingerprint density at radius 2 is 2.08 bits per heavy atom. The number of aromatic carboxylic acids is 1. The minimum absolute atomic E-state index is 0.0230. The number of thiocarbonyl (C=S) groups is 1. The summed E-state index contributed by atoms with van der Waals surface area (Å²) in [5, 5.41) is 11.1. The van der Waals surface area contributed by atoms with Crippen LogP contribution in [0.25, 0.3) is 6.08 Å². The van der Waals surface area contributed by atoms with Crippen LogP contribution in [-0.4, -0.2) is 40.2 Å². The van der Waals surface area contributed by atoms with Gasteiger partial charge in [-0.25, -0.2) is 0 Å². The standard InChI is InChI=1S/C16H15NO5S2/c1-2-7-22-13(18)9-17-14(19)12(24-16(17)23)8-10-5-3-4-6-11(10)15(20)21/h3-6,8H,2,7,9H2,1H3,(H,20,21)/p-1. The largest absolute Gasteiger partial charge is 0.545 e. The van der Waals surface area contributed by atoms with E-state index in [-0.39, 0.29) is 27.9 Å². The number of carbonyl (C=O) groups excluding carboxylic acids is 3. The first-order valence-electron chi connectivity index (χ1n) is 7.15. The molecule has 1 aromatic rings. The van der Waals surface area contributed by atoms with Gasteiger partial charge in [-0.3, -0.25) is 14.5 Å². The van der Waals surface area contributed by atoms with Crippen LogP contribution >= 0.6 is 24.0 Å². The molecule has 0 spiro atoms. The molecule has 8 heteroatoms. The lowest BCUT2D eigenvalue weighted by atomic mass is 10.1. The second kappa shape index (κ2) is 8.07. The zero-order chi connectivity index (χ0) is 17.7. The molecule has 1 amide bonds. The minimum Gasteiger partial charge on any atom is -0.545 e. The predicted octanol–water partition coefficient (Wildman–Crippen LogP) is 1.20. The van der Waals surface area contributed by atoms with Crippen molar-refractivity contribution in [3.63, 3.8) is 0 Å². The third-order valence-corrected chi connectivity index (χ3v) is 4.47. The lowest BCUT2D eigenvalue weighted by Gasteiger charge is -2.13. The molecule has 126 valence electrons. The van der Waals surface area contributed by atoms with E-state index < -0.39 is 17.8 Å². The highest BCUT2D eigenvalue weighted by molar-refractivity contribution is 8.26. The summed E-state index contributed by atoms with van der Waals surface area (Å²) in [4.78, 5) is 36.6. The highest BCUT2D eigenvalue weighted by atomic mass is 32.2. The Morgan fingerprint density at radius 3 is 2.75 bits per heavy atom. The average molecular weight is 364 g/mol. The lowest BCUT2D eigenvalue weighted by Crippen LogP contribution is -2.34. The summed E-state index contributed by atoms with van der Waals surface area (Å²) in [5.74, 6) is -2.32. The normalized spacial score (nSPS) is 15.9. The van der Waals surface area contributed by atoms with Gasteiger partial charge in [-0.2, -0.15) is 0 Å². The highest BCUT2D eigenvalue weighted by Crippen LogP contribution is 2.32. The maximum absolute atomic E-state index is 12.4. The van der Waals surface area contributed by atoms with Crippen LogP contribution in [0.1, 0.15) is 29.3 Å². The van der Waals surface area contributed by atoms with Crippen molar-refractivity contribution in [3.05, 3.63) is 40.3 Å². The first-order valence-corrected chi connectivity index (χ1v) is 8.38. The molecule has 0 radical (unpaired) electrons. The molecule has 1 fully saturated rings.